The third-order valence-corrected chi connectivity index (χ3v) is 5.12. The second-order valence-corrected chi connectivity index (χ2v) is 7.24. The molecule has 1 aliphatic heterocycles. The van der Waals surface area contributed by atoms with Gasteiger partial charge in [-0.05, 0) is 61.0 Å². The normalized spacial score (nSPS) is 13.1. The highest BCUT2D eigenvalue weighted by molar-refractivity contribution is 6.46. The van der Waals surface area contributed by atoms with Gasteiger partial charge in [0.2, 0.25) is 0 Å². The van der Waals surface area contributed by atoms with Gasteiger partial charge in [0.05, 0.1) is 34.4 Å². The number of nitriles is 1. The number of carbonyl (C=O) groups excluding carboxylic acids is 2. The van der Waals surface area contributed by atoms with Gasteiger partial charge in [-0.1, -0.05) is 6.07 Å². The molecule has 0 bridgehead atoms. The van der Waals surface area contributed by atoms with Crippen LogP contribution in [0.4, 0.5) is 17.1 Å². The van der Waals surface area contributed by atoms with E-state index in [9.17, 15) is 19.7 Å². The Morgan fingerprint density at radius 3 is 2.35 bits per heavy atom. The van der Waals surface area contributed by atoms with Gasteiger partial charge in [0.15, 0.2) is 0 Å². The van der Waals surface area contributed by atoms with E-state index in [-0.39, 0.29) is 17.0 Å². The number of hydrogen-bond acceptors (Lipinski definition) is 7. The van der Waals surface area contributed by atoms with E-state index >= 15 is 0 Å². The summed E-state index contributed by atoms with van der Waals surface area (Å²) in [6.45, 7) is 2.31. The first-order chi connectivity index (χ1) is 16.4. The number of non-ortho nitro benzene ring substituents is 1. The van der Waals surface area contributed by atoms with Crippen molar-refractivity contribution < 1.29 is 19.2 Å². The van der Waals surface area contributed by atoms with Gasteiger partial charge in [0.1, 0.15) is 11.4 Å². The van der Waals surface area contributed by atoms with E-state index in [1.54, 1.807) is 24.3 Å². The van der Waals surface area contributed by atoms with E-state index in [1.165, 1.54) is 48.5 Å². The van der Waals surface area contributed by atoms with Crippen LogP contribution < -0.4 is 15.0 Å². The topological polar surface area (TPSA) is 126 Å². The van der Waals surface area contributed by atoms with E-state index in [0.717, 1.165) is 4.90 Å². The lowest BCUT2D eigenvalue weighted by molar-refractivity contribution is -0.384. The molecular weight excluding hydrogens is 436 g/mol. The van der Waals surface area contributed by atoms with Crippen LogP contribution in [0.3, 0.4) is 0 Å². The van der Waals surface area contributed by atoms with Crippen molar-refractivity contribution >= 4 is 34.4 Å². The summed E-state index contributed by atoms with van der Waals surface area (Å²) in [5.41, 5.74) is 1.53. The Bertz CT molecular complexity index is 1360. The van der Waals surface area contributed by atoms with E-state index in [1.807, 2.05) is 13.0 Å². The molecule has 168 valence electrons. The Morgan fingerprint density at radius 2 is 1.74 bits per heavy atom. The van der Waals surface area contributed by atoms with Crippen LogP contribution >= 0.6 is 0 Å². The number of hydrogen-bond donors (Lipinski definition) is 1. The van der Waals surface area contributed by atoms with Gasteiger partial charge >= 0.3 is 0 Å². The Morgan fingerprint density at radius 1 is 1.03 bits per heavy atom. The summed E-state index contributed by atoms with van der Waals surface area (Å²) in [5, 5.41) is 23.1. The van der Waals surface area contributed by atoms with Crippen LogP contribution in [0, 0.1) is 21.4 Å². The molecule has 0 fully saturated rings. The highest BCUT2D eigenvalue weighted by Gasteiger charge is 2.40. The Balaban J connectivity index is 1.79. The number of nitro benzene ring substituents is 1. The quantitative estimate of drug-likeness (QED) is 0.321. The van der Waals surface area contributed by atoms with Crippen molar-refractivity contribution in [2.75, 3.05) is 16.8 Å². The van der Waals surface area contributed by atoms with Gasteiger partial charge in [-0.25, -0.2) is 4.90 Å². The molecule has 0 saturated heterocycles. The van der Waals surface area contributed by atoms with Gasteiger partial charge in [-0.15, -0.1) is 0 Å². The predicted molar refractivity (Wildman–Crippen MR) is 125 cm³/mol. The second-order valence-electron chi connectivity index (χ2n) is 7.24. The molecule has 34 heavy (non-hydrogen) atoms. The molecule has 0 saturated carbocycles. The third-order valence-electron chi connectivity index (χ3n) is 5.12. The Labute approximate surface area is 194 Å². The van der Waals surface area contributed by atoms with Crippen molar-refractivity contribution in [1.29, 1.82) is 5.26 Å². The van der Waals surface area contributed by atoms with Gasteiger partial charge in [0, 0.05) is 23.9 Å². The number of carbonyl (C=O) groups is 2. The van der Waals surface area contributed by atoms with Crippen LogP contribution in [0.25, 0.3) is 5.57 Å². The predicted octanol–water partition coefficient (Wildman–Crippen LogP) is 4.26. The number of benzene rings is 3. The lowest BCUT2D eigenvalue weighted by atomic mass is 10.0. The number of nitro groups is 1. The number of amides is 2. The maximum atomic E-state index is 13.4. The smallest absolute Gasteiger partial charge is 0.282 e. The highest BCUT2D eigenvalue weighted by Crippen LogP contribution is 2.35. The fourth-order valence-electron chi connectivity index (χ4n) is 3.56. The molecule has 1 N–H and O–H groups in total. The summed E-state index contributed by atoms with van der Waals surface area (Å²) in [5.74, 6) is -0.595. The zero-order valence-electron chi connectivity index (χ0n) is 18.0. The monoisotopic (exact) mass is 454 g/mol. The van der Waals surface area contributed by atoms with Crippen LogP contribution in [0.15, 0.2) is 78.5 Å². The van der Waals surface area contributed by atoms with Crippen molar-refractivity contribution in [2.45, 2.75) is 6.92 Å². The van der Waals surface area contributed by atoms with E-state index in [0.29, 0.717) is 34.9 Å². The molecule has 0 aromatic heterocycles. The van der Waals surface area contributed by atoms with Gasteiger partial charge in [0.25, 0.3) is 17.5 Å². The maximum Gasteiger partial charge on any atom is 0.282 e. The molecule has 0 aliphatic carbocycles. The van der Waals surface area contributed by atoms with Crippen LogP contribution in [0.2, 0.25) is 0 Å². The third kappa shape index (κ3) is 4.20. The van der Waals surface area contributed by atoms with E-state index in [4.69, 9.17) is 10.00 Å². The summed E-state index contributed by atoms with van der Waals surface area (Å²) in [4.78, 5) is 38.4. The first kappa shape index (κ1) is 22.2. The standard InChI is InChI=1S/C25H18N4O5/c1-2-34-21-5-3-4-18(14-21)27-23-22(17-8-12-20(13-9-17)29(32)33)24(30)28(25(23)31)19-10-6-16(15-26)7-11-19/h3-14,27H,2H2,1H3. The molecule has 0 radical (unpaired) electrons. The van der Waals surface area contributed by atoms with Crippen molar-refractivity contribution in [3.63, 3.8) is 0 Å². The number of rotatable bonds is 7. The van der Waals surface area contributed by atoms with Gasteiger partial charge in [-0.2, -0.15) is 5.26 Å². The first-order valence-corrected chi connectivity index (χ1v) is 10.3. The SMILES string of the molecule is CCOc1cccc(NC2=C(c3ccc([N+](=O)[O-])cc3)C(=O)N(c3ccc(C#N)cc3)C2=O)c1. The molecule has 9 heteroatoms. The summed E-state index contributed by atoms with van der Waals surface area (Å²) < 4.78 is 5.51. The van der Waals surface area contributed by atoms with Crippen molar-refractivity contribution in [3.05, 3.63) is 99.7 Å². The van der Waals surface area contributed by atoms with Gasteiger partial charge in [-0.3, -0.25) is 19.7 Å². The van der Waals surface area contributed by atoms with Crippen LogP contribution in [-0.4, -0.2) is 23.3 Å². The first-order valence-electron chi connectivity index (χ1n) is 10.3. The lowest BCUT2D eigenvalue weighted by Gasteiger charge is -2.15. The Hall–Kier alpha value is -4.97. The van der Waals surface area contributed by atoms with Crippen molar-refractivity contribution in [3.8, 4) is 11.8 Å². The molecule has 2 amide bonds. The summed E-state index contributed by atoms with van der Waals surface area (Å²) in [7, 11) is 0. The minimum atomic E-state index is -0.593. The number of nitrogens with one attached hydrogen (secondary N) is 1. The largest absolute Gasteiger partial charge is 0.494 e. The molecule has 0 atom stereocenters. The molecule has 0 unspecified atom stereocenters. The summed E-state index contributed by atoms with van der Waals surface area (Å²) in [6, 6.07) is 20.4. The number of ether oxygens (including phenoxy) is 1. The molecule has 3 aromatic rings. The molecule has 4 rings (SSSR count). The fraction of sp³-hybridized carbons (Fsp3) is 0.0800. The van der Waals surface area contributed by atoms with Crippen LogP contribution in [0.5, 0.6) is 5.75 Å². The highest BCUT2D eigenvalue weighted by atomic mass is 16.6. The van der Waals surface area contributed by atoms with Crippen molar-refractivity contribution in [1.82, 2.24) is 0 Å². The second kappa shape index (κ2) is 9.26. The summed E-state index contributed by atoms with van der Waals surface area (Å²) in [6.07, 6.45) is 0. The minimum Gasteiger partial charge on any atom is -0.494 e. The molecule has 3 aromatic carbocycles. The maximum absolute atomic E-state index is 13.4. The minimum absolute atomic E-state index is 0.0249. The number of nitrogens with zero attached hydrogens (tertiary/aromatic N) is 3. The lowest BCUT2D eigenvalue weighted by Crippen LogP contribution is -2.32. The van der Waals surface area contributed by atoms with Crippen LogP contribution in [0.1, 0.15) is 18.1 Å². The number of imide groups is 1. The van der Waals surface area contributed by atoms with E-state index in [2.05, 4.69) is 5.32 Å². The van der Waals surface area contributed by atoms with Crippen LogP contribution in [-0.2, 0) is 9.59 Å². The average molecular weight is 454 g/mol. The van der Waals surface area contributed by atoms with Gasteiger partial charge < -0.3 is 10.1 Å². The molecule has 1 aliphatic rings. The average Bonchev–Trinajstić information content (AvgIpc) is 3.08. The van der Waals surface area contributed by atoms with Crippen molar-refractivity contribution in [2.24, 2.45) is 0 Å². The summed E-state index contributed by atoms with van der Waals surface area (Å²) >= 11 is 0. The fourth-order valence-corrected chi connectivity index (χ4v) is 3.56. The number of anilines is 2. The molecule has 1 heterocycles. The zero-order chi connectivity index (χ0) is 24.2. The molecular formula is C25H18N4O5. The molecule has 9 nitrogen and oxygen atoms in total. The molecule has 0 spiro atoms. The Kier molecular flexibility index (Phi) is 6.05. The van der Waals surface area contributed by atoms with E-state index < -0.39 is 16.7 Å². The zero-order valence-corrected chi connectivity index (χ0v) is 18.0.